The fourth-order valence-corrected chi connectivity index (χ4v) is 4.97. The third-order valence-electron chi connectivity index (χ3n) is 5.39. The highest BCUT2D eigenvalue weighted by Crippen LogP contribution is 2.20. The smallest absolute Gasteiger partial charge is 0.328 e. The molecule has 2 aromatic rings. The molecule has 1 aliphatic rings. The Morgan fingerprint density at radius 1 is 1.04 bits per heavy atom. The number of sulfone groups is 1. The van der Waals surface area contributed by atoms with Crippen LogP contribution in [0, 0.1) is 0 Å². The molecule has 0 radical (unpaired) electrons. The Kier molecular flexibility index (Phi) is 5.74. The van der Waals surface area contributed by atoms with Crippen LogP contribution in [0.4, 0.5) is 0 Å². The lowest BCUT2D eigenvalue weighted by molar-refractivity contribution is -0.119. The fraction of sp³-hybridized carbons (Fsp3) is 0.579. The van der Waals surface area contributed by atoms with Crippen molar-refractivity contribution in [2.24, 2.45) is 14.1 Å². The van der Waals surface area contributed by atoms with Crippen LogP contribution in [-0.4, -0.2) is 35.3 Å². The number of amides is 1. The Hall–Kier alpha value is -2.09. The van der Waals surface area contributed by atoms with Crippen molar-refractivity contribution >= 4 is 26.8 Å². The first kappa shape index (κ1) is 19.7. The molecular formula is C19H27N3O4S. The molecule has 27 heavy (non-hydrogen) atoms. The van der Waals surface area contributed by atoms with E-state index in [-0.39, 0.29) is 16.6 Å². The average Bonchev–Trinajstić information content (AvgIpc) is 2.81. The second-order valence-electron chi connectivity index (χ2n) is 7.42. The summed E-state index contributed by atoms with van der Waals surface area (Å²) < 4.78 is 28.3. The number of fused-ring (bicyclic) bond motifs is 1. The maximum absolute atomic E-state index is 12.7. The number of imidazole rings is 1. The van der Waals surface area contributed by atoms with Crippen LogP contribution >= 0.6 is 0 Å². The predicted octanol–water partition coefficient (Wildman–Crippen LogP) is 1.88. The van der Waals surface area contributed by atoms with Crippen molar-refractivity contribution in [3.8, 4) is 0 Å². The predicted molar refractivity (Wildman–Crippen MR) is 104 cm³/mol. The van der Waals surface area contributed by atoms with Crippen molar-refractivity contribution in [1.82, 2.24) is 14.5 Å². The van der Waals surface area contributed by atoms with Crippen molar-refractivity contribution in [3.63, 3.8) is 0 Å². The third-order valence-corrected chi connectivity index (χ3v) is 7.01. The zero-order chi connectivity index (χ0) is 19.6. The van der Waals surface area contributed by atoms with Crippen LogP contribution in [0.2, 0.25) is 0 Å². The number of nitrogens with zero attached hydrogens (tertiary/aromatic N) is 2. The summed E-state index contributed by atoms with van der Waals surface area (Å²) in [5, 5.41) is 2.90. The lowest BCUT2D eigenvalue weighted by Gasteiger charge is -2.21. The Morgan fingerprint density at radius 2 is 1.63 bits per heavy atom. The van der Waals surface area contributed by atoms with E-state index in [1.807, 2.05) is 0 Å². The molecule has 1 heterocycles. The molecule has 0 unspecified atom stereocenters. The number of carbonyl (C=O) groups is 1. The Morgan fingerprint density at radius 3 is 2.30 bits per heavy atom. The van der Waals surface area contributed by atoms with Crippen LogP contribution < -0.4 is 11.0 Å². The van der Waals surface area contributed by atoms with Crippen LogP contribution in [0.5, 0.6) is 0 Å². The van der Waals surface area contributed by atoms with Crippen LogP contribution in [0.15, 0.2) is 27.9 Å². The summed E-state index contributed by atoms with van der Waals surface area (Å²) in [5.41, 5.74) is 0.964. The molecule has 1 N–H and O–H groups in total. The first-order valence-electron chi connectivity index (χ1n) is 9.47. The molecule has 148 valence electrons. The first-order chi connectivity index (χ1) is 12.8. The van der Waals surface area contributed by atoms with Crippen molar-refractivity contribution < 1.29 is 13.2 Å². The molecule has 0 saturated heterocycles. The lowest BCUT2D eigenvalue weighted by Crippen LogP contribution is -2.38. The fourth-order valence-electron chi connectivity index (χ4n) is 3.81. The van der Waals surface area contributed by atoms with E-state index in [1.165, 1.54) is 40.5 Å². The summed E-state index contributed by atoms with van der Waals surface area (Å²) in [6, 6.07) is 4.59. The number of nitrogens with one attached hydrogen (secondary N) is 1. The van der Waals surface area contributed by atoms with Crippen molar-refractivity contribution in [1.29, 1.82) is 0 Å². The maximum Gasteiger partial charge on any atom is 0.328 e. The van der Waals surface area contributed by atoms with Crippen molar-refractivity contribution in [2.75, 3.05) is 5.75 Å². The van der Waals surface area contributed by atoms with E-state index in [4.69, 9.17) is 0 Å². The van der Waals surface area contributed by atoms with E-state index in [0.29, 0.717) is 11.0 Å². The number of hydrogen-bond acceptors (Lipinski definition) is 4. The van der Waals surface area contributed by atoms with Crippen molar-refractivity contribution in [2.45, 2.75) is 55.9 Å². The van der Waals surface area contributed by atoms with E-state index >= 15 is 0 Å². The van der Waals surface area contributed by atoms with Gasteiger partial charge in [-0.15, -0.1) is 0 Å². The normalized spacial score (nSPS) is 16.8. The SMILES string of the molecule is Cn1c(=O)n(C)c2cc(S(=O)(=O)CC(=O)NC3CCCCCCC3)ccc21. The highest BCUT2D eigenvalue weighted by Gasteiger charge is 2.23. The topological polar surface area (TPSA) is 90.2 Å². The Bertz CT molecular complexity index is 996. The molecule has 0 bridgehead atoms. The molecule has 1 saturated carbocycles. The number of benzene rings is 1. The standard InChI is InChI=1S/C19H27N3O4S/c1-21-16-11-10-15(12-17(16)22(2)19(21)24)27(25,26)13-18(23)20-14-8-6-4-3-5-7-9-14/h10-12,14H,3-9,13H2,1-2H3,(H,20,23). The number of aryl methyl sites for hydroxylation is 2. The molecule has 1 amide bonds. The van der Waals surface area contributed by atoms with Gasteiger partial charge in [0, 0.05) is 20.1 Å². The molecule has 7 nitrogen and oxygen atoms in total. The molecule has 8 heteroatoms. The highest BCUT2D eigenvalue weighted by atomic mass is 32.2. The van der Waals surface area contributed by atoms with Gasteiger partial charge in [-0.2, -0.15) is 0 Å². The highest BCUT2D eigenvalue weighted by molar-refractivity contribution is 7.92. The summed E-state index contributed by atoms with van der Waals surface area (Å²) in [4.78, 5) is 24.4. The molecule has 0 atom stereocenters. The zero-order valence-corrected chi connectivity index (χ0v) is 16.7. The van der Waals surface area contributed by atoms with Gasteiger partial charge in [-0.25, -0.2) is 13.2 Å². The van der Waals surface area contributed by atoms with Crippen molar-refractivity contribution in [3.05, 3.63) is 28.7 Å². The first-order valence-corrected chi connectivity index (χ1v) is 11.1. The minimum Gasteiger partial charge on any atom is -0.352 e. The summed E-state index contributed by atoms with van der Waals surface area (Å²) in [5.74, 6) is -1.03. The van der Waals surface area contributed by atoms with Crippen LogP contribution in [0.3, 0.4) is 0 Å². The van der Waals surface area contributed by atoms with Crippen LogP contribution in [0.25, 0.3) is 11.0 Å². The second-order valence-corrected chi connectivity index (χ2v) is 9.41. The van der Waals surface area contributed by atoms with E-state index in [9.17, 15) is 18.0 Å². The van der Waals surface area contributed by atoms with Gasteiger partial charge in [0.1, 0.15) is 5.75 Å². The molecule has 0 aliphatic heterocycles. The quantitative estimate of drug-likeness (QED) is 0.859. The molecular weight excluding hydrogens is 366 g/mol. The summed E-state index contributed by atoms with van der Waals surface area (Å²) in [6.07, 6.45) is 7.51. The zero-order valence-electron chi connectivity index (χ0n) is 15.9. The Labute approximate surface area is 159 Å². The van der Waals surface area contributed by atoms with E-state index in [2.05, 4.69) is 5.32 Å². The number of aromatic nitrogens is 2. The minimum absolute atomic E-state index is 0.0593. The average molecular weight is 394 g/mol. The second kappa shape index (κ2) is 7.88. The third kappa shape index (κ3) is 4.26. The molecule has 1 fully saturated rings. The molecule has 1 aliphatic carbocycles. The van der Waals surface area contributed by atoms with E-state index in [0.717, 1.165) is 25.7 Å². The number of carbonyl (C=O) groups excluding carboxylic acids is 1. The van der Waals surface area contributed by atoms with Gasteiger partial charge in [-0.05, 0) is 31.0 Å². The molecule has 1 aromatic carbocycles. The van der Waals surface area contributed by atoms with Gasteiger partial charge in [0.15, 0.2) is 9.84 Å². The summed E-state index contributed by atoms with van der Waals surface area (Å²) >= 11 is 0. The number of hydrogen-bond donors (Lipinski definition) is 1. The van der Waals surface area contributed by atoms with Gasteiger partial charge in [0.25, 0.3) is 0 Å². The molecule has 1 aromatic heterocycles. The van der Waals surface area contributed by atoms with Gasteiger partial charge in [0.2, 0.25) is 5.91 Å². The van der Waals surface area contributed by atoms with Gasteiger partial charge < -0.3 is 5.32 Å². The number of rotatable bonds is 4. The summed E-state index contributed by atoms with van der Waals surface area (Å²) in [7, 11) is -0.535. The van der Waals surface area contributed by atoms with Crippen LogP contribution in [0.1, 0.15) is 44.9 Å². The van der Waals surface area contributed by atoms with E-state index < -0.39 is 21.5 Å². The monoisotopic (exact) mass is 393 g/mol. The van der Waals surface area contributed by atoms with Crippen LogP contribution in [-0.2, 0) is 28.7 Å². The summed E-state index contributed by atoms with van der Waals surface area (Å²) in [6.45, 7) is 0. The maximum atomic E-state index is 12.7. The van der Waals surface area contributed by atoms with Gasteiger partial charge in [0.05, 0.1) is 15.9 Å². The van der Waals surface area contributed by atoms with Gasteiger partial charge in [-0.1, -0.05) is 32.1 Å². The largest absolute Gasteiger partial charge is 0.352 e. The molecule has 3 rings (SSSR count). The lowest BCUT2D eigenvalue weighted by atomic mass is 9.97. The van der Waals surface area contributed by atoms with Gasteiger partial charge in [-0.3, -0.25) is 13.9 Å². The van der Waals surface area contributed by atoms with E-state index in [1.54, 1.807) is 20.2 Å². The van der Waals surface area contributed by atoms with Gasteiger partial charge >= 0.3 is 5.69 Å². The Balaban J connectivity index is 1.75. The minimum atomic E-state index is -3.78. The molecule has 0 spiro atoms.